The van der Waals surface area contributed by atoms with E-state index in [9.17, 15) is 17.6 Å². The zero-order valence-electron chi connectivity index (χ0n) is 5.87. The van der Waals surface area contributed by atoms with Crippen LogP contribution < -0.4 is 0 Å². The van der Waals surface area contributed by atoms with E-state index in [0.717, 1.165) is 6.08 Å². The van der Waals surface area contributed by atoms with Gasteiger partial charge in [-0.3, -0.25) is 0 Å². The van der Waals surface area contributed by atoms with Crippen molar-refractivity contribution in [2.45, 2.75) is 0 Å². The van der Waals surface area contributed by atoms with Crippen LogP contribution >= 0.6 is 0 Å². The third kappa shape index (κ3) is 1.20. The number of benzene rings is 1. The molecule has 12 heavy (non-hydrogen) atoms. The Kier molecular flexibility index (Phi) is 2.17. The molecular weight excluding hydrogens is 172 g/mol. The minimum absolute atomic E-state index is 0.397. The minimum Gasteiger partial charge on any atom is -0.204 e. The summed E-state index contributed by atoms with van der Waals surface area (Å²) in [6.07, 6.45) is 0.904. The van der Waals surface area contributed by atoms with Gasteiger partial charge in [0.1, 0.15) is 0 Å². The molecule has 0 atom stereocenters. The van der Waals surface area contributed by atoms with Crippen LogP contribution in [0.15, 0.2) is 12.6 Å². The number of hydrogen-bond acceptors (Lipinski definition) is 0. The molecule has 4 heteroatoms. The number of halogens is 4. The molecule has 0 saturated carbocycles. The highest BCUT2D eigenvalue weighted by Crippen LogP contribution is 2.18. The second kappa shape index (κ2) is 2.97. The van der Waals surface area contributed by atoms with Gasteiger partial charge in [-0.15, -0.1) is 0 Å². The molecule has 0 fully saturated rings. The van der Waals surface area contributed by atoms with E-state index in [1.807, 2.05) is 0 Å². The second-order valence-corrected chi connectivity index (χ2v) is 2.09. The molecule has 1 aromatic rings. The lowest BCUT2D eigenvalue weighted by molar-refractivity contribution is 0.408. The highest BCUT2D eigenvalue weighted by Gasteiger charge is 2.16. The van der Waals surface area contributed by atoms with Gasteiger partial charge in [-0.25, -0.2) is 17.6 Å². The lowest BCUT2D eigenvalue weighted by Crippen LogP contribution is -1.97. The van der Waals surface area contributed by atoms with E-state index >= 15 is 0 Å². The van der Waals surface area contributed by atoms with E-state index in [1.165, 1.54) is 0 Å². The van der Waals surface area contributed by atoms with E-state index in [4.69, 9.17) is 0 Å². The van der Waals surface area contributed by atoms with Crippen molar-refractivity contribution in [1.82, 2.24) is 0 Å². The van der Waals surface area contributed by atoms with Crippen LogP contribution in [0.3, 0.4) is 0 Å². The van der Waals surface area contributed by atoms with Gasteiger partial charge in [0.05, 0.1) is 0 Å². The van der Waals surface area contributed by atoms with Gasteiger partial charge >= 0.3 is 0 Å². The zero-order chi connectivity index (χ0) is 9.30. The lowest BCUT2D eigenvalue weighted by atomic mass is 10.2. The first-order valence-electron chi connectivity index (χ1n) is 3.03. The Morgan fingerprint density at radius 3 is 2.08 bits per heavy atom. The van der Waals surface area contributed by atoms with Crippen LogP contribution in [0.25, 0.3) is 6.08 Å². The molecule has 0 heterocycles. The monoisotopic (exact) mass is 176 g/mol. The van der Waals surface area contributed by atoms with E-state index in [2.05, 4.69) is 6.58 Å². The smallest absolute Gasteiger partial charge is 0.198 e. The van der Waals surface area contributed by atoms with Crippen molar-refractivity contribution in [3.8, 4) is 0 Å². The quantitative estimate of drug-likeness (QED) is 0.350. The molecule has 0 aliphatic heterocycles. The zero-order valence-corrected chi connectivity index (χ0v) is 5.87. The molecule has 0 N–H and O–H groups in total. The van der Waals surface area contributed by atoms with E-state index in [1.54, 1.807) is 0 Å². The van der Waals surface area contributed by atoms with Crippen molar-refractivity contribution in [2.75, 3.05) is 0 Å². The van der Waals surface area contributed by atoms with Gasteiger partial charge in [0, 0.05) is 5.56 Å². The van der Waals surface area contributed by atoms with Gasteiger partial charge in [0.2, 0.25) is 0 Å². The maximum Gasteiger partial charge on any atom is 0.198 e. The Balaban J connectivity index is 3.49. The van der Waals surface area contributed by atoms with Crippen LogP contribution in [0.5, 0.6) is 0 Å². The topological polar surface area (TPSA) is 0 Å². The number of rotatable bonds is 1. The molecule has 64 valence electrons. The maximum atomic E-state index is 12.6. The Labute approximate surface area is 66.1 Å². The van der Waals surface area contributed by atoms with Crippen molar-refractivity contribution in [1.29, 1.82) is 0 Å². The van der Waals surface area contributed by atoms with Crippen LogP contribution in [0, 0.1) is 23.3 Å². The summed E-state index contributed by atoms with van der Waals surface area (Å²) in [7, 11) is 0. The average Bonchev–Trinajstić information content (AvgIpc) is 2.08. The standard InChI is InChI=1S/C8H4F4/c1-2-4-3-5(9)7(11)8(12)6(4)10/h2-3H,1H2. The van der Waals surface area contributed by atoms with Gasteiger partial charge in [-0.2, -0.15) is 0 Å². The molecular formula is C8H4F4. The van der Waals surface area contributed by atoms with Crippen molar-refractivity contribution in [3.63, 3.8) is 0 Å². The molecule has 0 nitrogen and oxygen atoms in total. The number of hydrogen-bond donors (Lipinski definition) is 0. The summed E-state index contributed by atoms with van der Waals surface area (Å²) >= 11 is 0. The van der Waals surface area contributed by atoms with E-state index in [0.29, 0.717) is 6.07 Å². The fraction of sp³-hybridized carbons (Fsp3) is 0. The molecule has 0 amide bonds. The molecule has 0 aliphatic carbocycles. The fourth-order valence-corrected chi connectivity index (χ4v) is 0.740. The van der Waals surface area contributed by atoms with E-state index < -0.39 is 28.8 Å². The molecule has 0 bridgehead atoms. The highest BCUT2D eigenvalue weighted by molar-refractivity contribution is 5.48. The summed E-state index contributed by atoms with van der Waals surface area (Å²) < 4.78 is 49.7. The third-order valence-electron chi connectivity index (χ3n) is 1.35. The molecule has 0 unspecified atom stereocenters. The van der Waals surface area contributed by atoms with Crippen LogP contribution in [-0.4, -0.2) is 0 Å². The average molecular weight is 176 g/mol. The van der Waals surface area contributed by atoms with Crippen molar-refractivity contribution >= 4 is 6.08 Å². The van der Waals surface area contributed by atoms with Crippen LogP contribution in [-0.2, 0) is 0 Å². The summed E-state index contributed by atoms with van der Waals surface area (Å²) in [5.41, 5.74) is -0.397. The van der Waals surface area contributed by atoms with Gasteiger partial charge in [-0.1, -0.05) is 12.7 Å². The molecule has 1 rings (SSSR count). The first kappa shape index (κ1) is 8.77. The maximum absolute atomic E-state index is 12.6. The van der Waals surface area contributed by atoms with Gasteiger partial charge in [-0.05, 0) is 6.07 Å². The third-order valence-corrected chi connectivity index (χ3v) is 1.35. The molecule has 0 aromatic heterocycles. The summed E-state index contributed by atoms with van der Waals surface area (Å²) in [6, 6.07) is 0.542. The summed E-state index contributed by atoms with van der Waals surface area (Å²) in [4.78, 5) is 0. The van der Waals surface area contributed by atoms with Crippen LogP contribution in [0.2, 0.25) is 0 Å². The first-order valence-corrected chi connectivity index (χ1v) is 3.03. The van der Waals surface area contributed by atoms with Crippen LogP contribution in [0.1, 0.15) is 5.56 Å². The van der Waals surface area contributed by atoms with Crippen molar-refractivity contribution in [3.05, 3.63) is 41.5 Å². The van der Waals surface area contributed by atoms with Gasteiger partial charge in [0.15, 0.2) is 23.3 Å². The Morgan fingerprint density at radius 2 is 1.58 bits per heavy atom. The summed E-state index contributed by atoms with van der Waals surface area (Å²) in [5, 5.41) is 0. The molecule has 0 saturated heterocycles. The second-order valence-electron chi connectivity index (χ2n) is 2.09. The SMILES string of the molecule is C=Cc1cc(F)c(F)c(F)c1F. The predicted molar refractivity (Wildman–Crippen MR) is 36.4 cm³/mol. The first-order chi connectivity index (χ1) is 5.57. The molecule has 1 aromatic carbocycles. The largest absolute Gasteiger partial charge is 0.204 e. The molecule has 0 radical (unpaired) electrons. The minimum atomic E-state index is -1.81. The van der Waals surface area contributed by atoms with Gasteiger partial charge in [0.25, 0.3) is 0 Å². The molecule has 0 aliphatic rings. The fourth-order valence-electron chi connectivity index (χ4n) is 0.740. The molecule has 0 spiro atoms. The van der Waals surface area contributed by atoms with E-state index in [-0.39, 0.29) is 0 Å². The Morgan fingerprint density at radius 1 is 1.00 bits per heavy atom. The van der Waals surface area contributed by atoms with Gasteiger partial charge < -0.3 is 0 Å². The lowest BCUT2D eigenvalue weighted by Gasteiger charge is -1.99. The summed E-state index contributed by atoms with van der Waals surface area (Å²) in [6.45, 7) is 3.11. The summed E-state index contributed by atoms with van der Waals surface area (Å²) in [5.74, 6) is -6.48. The van der Waals surface area contributed by atoms with Crippen LogP contribution in [0.4, 0.5) is 17.6 Å². The predicted octanol–water partition coefficient (Wildman–Crippen LogP) is 2.89. The Bertz CT molecular complexity index is 330. The van der Waals surface area contributed by atoms with Crippen molar-refractivity contribution in [2.24, 2.45) is 0 Å². The Hall–Kier alpha value is -1.32. The van der Waals surface area contributed by atoms with Crippen molar-refractivity contribution < 1.29 is 17.6 Å². The highest BCUT2D eigenvalue weighted by atomic mass is 19.2. The normalized spacial score (nSPS) is 10.0.